The van der Waals surface area contributed by atoms with Gasteiger partial charge in [0.05, 0.1) is 24.5 Å². The van der Waals surface area contributed by atoms with E-state index in [0.717, 1.165) is 0 Å². The summed E-state index contributed by atoms with van der Waals surface area (Å²) in [6.45, 7) is 0.705. The van der Waals surface area contributed by atoms with Gasteiger partial charge in [0.15, 0.2) is 0 Å². The molecule has 0 fully saturated rings. The first kappa shape index (κ1) is 20.1. The molecule has 0 unspecified atom stereocenters. The van der Waals surface area contributed by atoms with Crippen LogP contribution in [0.1, 0.15) is 19.3 Å². The lowest BCUT2D eigenvalue weighted by atomic mass is 10.3. The van der Waals surface area contributed by atoms with E-state index in [1.165, 1.54) is 12.1 Å². The fraction of sp³-hybridized carbons (Fsp3) is 0.467. The van der Waals surface area contributed by atoms with Crippen molar-refractivity contribution >= 4 is 22.0 Å². The van der Waals surface area contributed by atoms with Crippen LogP contribution in [0.15, 0.2) is 35.2 Å². The van der Waals surface area contributed by atoms with Crippen LogP contribution in [-0.2, 0) is 28.6 Å². The molecule has 0 aliphatic heterocycles. The number of carboxylic acids is 1. The number of hydrogen-bond acceptors (Lipinski definition) is 6. The van der Waals surface area contributed by atoms with Crippen LogP contribution in [0.2, 0.25) is 0 Å². The van der Waals surface area contributed by atoms with Gasteiger partial charge in [0.25, 0.3) is 10.1 Å². The van der Waals surface area contributed by atoms with E-state index in [2.05, 4.69) is 5.32 Å². The number of hydrogen-bond donors (Lipinski definition) is 2. The zero-order valence-corrected chi connectivity index (χ0v) is 14.0. The second-order valence-electron chi connectivity index (χ2n) is 4.80. The summed E-state index contributed by atoms with van der Waals surface area (Å²) in [5, 5.41) is 11.0. The number of rotatable bonds is 12. The SMILES string of the molecule is O=C(O)CCC(=O)NCCCOCCOS(=O)(=O)c1ccccc1. The summed E-state index contributed by atoms with van der Waals surface area (Å²) in [6, 6.07) is 7.82. The quantitative estimate of drug-likeness (QED) is 0.418. The number of aliphatic carboxylic acids is 1. The summed E-state index contributed by atoms with van der Waals surface area (Å²) < 4.78 is 33.6. The molecule has 0 radical (unpaired) electrons. The van der Waals surface area contributed by atoms with E-state index in [0.29, 0.717) is 19.6 Å². The van der Waals surface area contributed by atoms with Crippen LogP contribution in [0.5, 0.6) is 0 Å². The second kappa shape index (κ2) is 10.7. The Kier molecular flexibility index (Phi) is 8.98. The van der Waals surface area contributed by atoms with Gasteiger partial charge in [0.2, 0.25) is 5.91 Å². The molecular weight excluding hydrogens is 338 g/mol. The third-order valence-electron chi connectivity index (χ3n) is 2.85. The van der Waals surface area contributed by atoms with Gasteiger partial charge in [-0.25, -0.2) is 0 Å². The summed E-state index contributed by atoms with van der Waals surface area (Å²) in [5.74, 6) is -1.34. The first-order valence-corrected chi connectivity index (χ1v) is 8.83. The van der Waals surface area contributed by atoms with Crippen molar-refractivity contribution in [2.45, 2.75) is 24.2 Å². The average Bonchev–Trinajstić information content (AvgIpc) is 2.56. The summed E-state index contributed by atoms with van der Waals surface area (Å²) in [5.41, 5.74) is 0. The van der Waals surface area contributed by atoms with Crippen LogP contribution in [0.3, 0.4) is 0 Å². The van der Waals surface area contributed by atoms with Crippen molar-refractivity contribution in [3.63, 3.8) is 0 Å². The fourth-order valence-electron chi connectivity index (χ4n) is 1.67. The second-order valence-corrected chi connectivity index (χ2v) is 6.41. The van der Waals surface area contributed by atoms with Gasteiger partial charge in [0.1, 0.15) is 0 Å². The van der Waals surface area contributed by atoms with E-state index >= 15 is 0 Å². The topological polar surface area (TPSA) is 119 Å². The third kappa shape index (κ3) is 8.61. The van der Waals surface area contributed by atoms with Crippen LogP contribution in [0, 0.1) is 0 Å². The molecule has 1 rings (SSSR count). The molecule has 0 atom stereocenters. The number of carboxylic acid groups (broad SMARTS) is 1. The van der Waals surface area contributed by atoms with E-state index in [-0.39, 0.29) is 36.9 Å². The van der Waals surface area contributed by atoms with Gasteiger partial charge >= 0.3 is 5.97 Å². The van der Waals surface area contributed by atoms with E-state index in [9.17, 15) is 18.0 Å². The monoisotopic (exact) mass is 359 g/mol. The van der Waals surface area contributed by atoms with E-state index in [1.54, 1.807) is 18.2 Å². The normalized spacial score (nSPS) is 11.2. The van der Waals surface area contributed by atoms with Gasteiger partial charge in [-0.1, -0.05) is 18.2 Å². The van der Waals surface area contributed by atoms with E-state index in [1.807, 2.05) is 0 Å². The van der Waals surface area contributed by atoms with Gasteiger partial charge < -0.3 is 15.2 Å². The summed E-state index contributed by atoms with van der Waals surface area (Å²) in [4.78, 5) is 21.6. The van der Waals surface area contributed by atoms with Crippen LogP contribution in [0.25, 0.3) is 0 Å². The Labute approximate surface area is 140 Å². The maximum absolute atomic E-state index is 11.8. The molecule has 0 aromatic heterocycles. The highest BCUT2D eigenvalue weighted by molar-refractivity contribution is 7.86. The first-order valence-electron chi connectivity index (χ1n) is 7.42. The van der Waals surface area contributed by atoms with Gasteiger partial charge in [-0.2, -0.15) is 8.42 Å². The Morgan fingerprint density at radius 1 is 1.04 bits per heavy atom. The maximum Gasteiger partial charge on any atom is 0.303 e. The van der Waals surface area contributed by atoms with Crippen LogP contribution in [0.4, 0.5) is 0 Å². The Hall–Kier alpha value is -1.97. The summed E-state index contributed by atoms with van der Waals surface area (Å²) >= 11 is 0. The van der Waals surface area contributed by atoms with Crippen molar-refractivity contribution in [2.75, 3.05) is 26.4 Å². The lowest BCUT2D eigenvalue weighted by Gasteiger charge is -2.07. The number of benzene rings is 1. The molecule has 24 heavy (non-hydrogen) atoms. The minimum absolute atomic E-state index is 0.0542. The standard InChI is InChI=1S/C15H21NO7S/c17-14(7-8-15(18)19)16-9-4-10-22-11-12-23-24(20,21)13-5-2-1-3-6-13/h1-3,5-6H,4,7-12H2,(H,16,17)(H,18,19). The van der Waals surface area contributed by atoms with Crippen molar-refractivity contribution in [1.29, 1.82) is 0 Å². The Morgan fingerprint density at radius 2 is 1.75 bits per heavy atom. The molecule has 2 N–H and O–H groups in total. The highest BCUT2D eigenvalue weighted by Gasteiger charge is 2.13. The van der Waals surface area contributed by atoms with Gasteiger partial charge in [-0.05, 0) is 18.6 Å². The van der Waals surface area contributed by atoms with E-state index in [4.69, 9.17) is 14.0 Å². The number of ether oxygens (including phenoxy) is 1. The predicted molar refractivity (Wildman–Crippen MR) is 84.9 cm³/mol. The number of carbonyl (C=O) groups excluding carboxylic acids is 1. The van der Waals surface area contributed by atoms with Crippen LogP contribution in [-0.4, -0.2) is 51.8 Å². The summed E-state index contributed by atoms with van der Waals surface area (Å²) in [7, 11) is -3.77. The minimum atomic E-state index is -3.77. The lowest BCUT2D eigenvalue weighted by molar-refractivity contribution is -0.138. The first-order chi connectivity index (χ1) is 11.4. The number of amides is 1. The molecule has 0 spiro atoms. The fourth-order valence-corrected chi connectivity index (χ4v) is 2.58. The predicted octanol–water partition coefficient (Wildman–Crippen LogP) is 0.780. The molecule has 1 aromatic carbocycles. The molecule has 0 aliphatic rings. The largest absolute Gasteiger partial charge is 0.481 e. The van der Waals surface area contributed by atoms with Gasteiger partial charge in [-0.15, -0.1) is 0 Å². The zero-order valence-electron chi connectivity index (χ0n) is 13.1. The average molecular weight is 359 g/mol. The molecular formula is C15H21NO7S. The van der Waals surface area contributed by atoms with Gasteiger partial charge in [-0.3, -0.25) is 13.8 Å². The molecule has 1 amide bonds. The minimum Gasteiger partial charge on any atom is -0.481 e. The Morgan fingerprint density at radius 3 is 2.42 bits per heavy atom. The van der Waals surface area contributed by atoms with Crippen molar-refractivity contribution in [1.82, 2.24) is 5.32 Å². The molecule has 9 heteroatoms. The Bertz CT molecular complexity index is 616. The van der Waals surface area contributed by atoms with Crippen molar-refractivity contribution in [2.24, 2.45) is 0 Å². The van der Waals surface area contributed by atoms with Crippen LogP contribution >= 0.6 is 0 Å². The highest BCUT2D eigenvalue weighted by Crippen LogP contribution is 2.10. The van der Waals surface area contributed by atoms with E-state index < -0.39 is 16.1 Å². The molecule has 0 heterocycles. The molecule has 134 valence electrons. The smallest absolute Gasteiger partial charge is 0.303 e. The van der Waals surface area contributed by atoms with Gasteiger partial charge in [0, 0.05) is 19.6 Å². The van der Waals surface area contributed by atoms with Crippen molar-refractivity contribution in [3.8, 4) is 0 Å². The molecule has 0 bridgehead atoms. The van der Waals surface area contributed by atoms with Crippen molar-refractivity contribution < 1.29 is 32.0 Å². The highest BCUT2D eigenvalue weighted by atomic mass is 32.2. The van der Waals surface area contributed by atoms with Crippen LogP contribution < -0.4 is 5.32 Å². The maximum atomic E-state index is 11.8. The zero-order chi connectivity index (χ0) is 17.8. The summed E-state index contributed by atoms with van der Waals surface area (Å²) in [6.07, 6.45) is 0.279. The van der Waals surface area contributed by atoms with Crippen molar-refractivity contribution in [3.05, 3.63) is 30.3 Å². The number of nitrogens with one attached hydrogen (secondary N) is 1. The number of carbonyl (C=O) groups is 2. The molecule has 0 aliphatic carbocycles. The third-order valence-corrected chi connectivity index (χ3v) is 4.18. The molecule has 0 saturated heterocycles. The molecule has 1 aromatic rings. The molecule has 8 nitrogen and oxygen atoms in total. The lowest BCUT2D eigenvalue weighted by Crippen LogP contribution is -2.25. The molecule has 0 saturated carbocycles. The Balaban J connectivity index is 2.05.